The first-order chi connectivity index (χ1) is 7.04. The first-order valence-electron chi connectivity index (χ1n) is 4.37. The van der Waals surface area contributed by atoms with Crippen molar-refractivity contribution in [2.75, 3.05) is 14.2 Å². The maximum atomic E-state index is 10.8. The predicted molar refractivity (Wildman–Crippen MR) is 61.7 cm³/mol. The van der Waals surface area contributed by atoms with Gasteiger partial charge >= 0.3 is 6.03 Å². The highest BCUT2D eigenvalue weighted by atomic mass is 79.9. The van der Waals surface area contributed by atoms with Crippen LogP contribution in [0.25, 0.3) is 0 Å². The van der Waals surface area contributed by atoms with Gasteiger partial charge in [-0.15, -0.1) is 0 Å². The number of urea groups is 1. The lowest BCUT2D eigenvalue weighted by molar-refractivity contribution is 0.216. The van der Waals surface area contributed by atoms with E-state index < -0.39 is 6.03 Å². The molecular weight excluding hydrogens is 260 g/mol. The number of benzene rings is 1. The molecule has 0 radical (unpaired) electrons. The lowest BCUT2D eigenvalue weighted by Gasteiger charge is -2.14. The zero-order chi connectivity index (χ0) is 11.4. The number of methoxy groups -OCH3 is 1. The topological polar surface area (TPSA) is 55.6 Å². The lowest BCUT2D eigenvalue weighted by Crippen LogP contribution is -2.31. The number of nitrogens with two attached hydrogens (primary N) is 1. The van der Waals surface area contributed by atoms with Crippen molar-refractivity contribution in [2.45, 2.75) is 6.54 Å². The van der Waals surface area contributed by atoms with Crippen molar-refractivity contribution < 1.29 is 9.53 Å². The highest BCUT2D eigenvalue weighted by molar-refractivity contribution is 9.10. The van der Waals surface area contributed by atoms with Gasteiger partial charge in [-0.25, -0.2) is 4.79 Å². The van der Waals surface area contributed by atoms with Crippen LogP contribution in [0.3, 0.4) is 0 Å². The molecular formula is C10H13BrN2O2. The van der Waals surface area contributed by atoms with Crippen LogP contribution in [0, 0.1) is 0 Å². The van der Waals surface area contributed by atoms with Gasteiger partial charge in [0.25, 0.3) is 0 Å². The number of hydrogen-bond acceptors (Lipinski definition) is 2. The largest absolute Gasteiger partial charge is 0.496 e. The van der Waals surface area contributed by atoms with Gasteiger partial charge in [-0.3, -0.25) is 0 Å². The molecule has 2 N–H and O–H groups in total. The summed E-state index contributed by atoms with van der Waals surface area (Å²) in [5.41, 5.74) is 6.12. The summed E-state index contributed by atoms with van der Waals surface area (Å²) in [5, 5.41) is 0. The molecule has 1 rings (SSSR count). The zero-order valence-corrected chi connectivity index (χ0v) is 10.2. The molecule has 0 atom stereocenters. The van der Waals surface area contributed by atoms with E-state index in [1.54, 1.807) is 14.2 Å². The third kappa shape index (κ3) is 3.13. The van der Waals surface area contributed by atoms with Crippen LogP contribution in [-0.2, 0) is 6.54 Å². The first kappa shape index (κ1) is 11.8. The Morgan fingerprint density at radius 3 is 2.73 bits per heavy atom. The fourth-order valence-electron chi connectivity index (χ4n) is 1.16. The summed E-state index contributed by atoms with van der Waals surface area (Å²) in [6.07, 6.45) is 0. The predicted octanol–water partition coefficient (Wildman–Crippen LogP) is 1.97. The molecule has 0 fully saturated rings. The summed E-state index contributed by atoms with van der Waals surface area (Å²) >= 11 is 3.37. The van der Waals surface area contributed by atoms with Crippen molar-refractivity contribution in [3.05, 3.63) is 28.2 Å². The van der Waals surface area contributed by atoms with Crippen LogP contribution in [0.4, 0.5) is 4.79 Å². The molecule has 4 nitrogen and oxygen atoms in total. The number of amides is 2. The molecule has 0 saturated heterocycles. The maximum Gasteiger partial charge on any atom is 0.314 e. The van der Waals surface area contributed by atoms with E-state index >= 15 is 0 Å². The van der Waals surface area contributed by atoms with E-state index in [-0.39, 0.29) is 0 Å². The van der Waals surface area contributed by atoms with E-state index in [1.807, 2.05) is 18.2 Å². The number of halogens is 1. The maximum absolute atomic E-state index is 10.8. The first-order valence-corrected chi connectivity index (χ1v) is 5.17. The van der Waals surface area contributed by atoms with E-state index in [4.69, 9.17) is 10.5 Å². The fraction of sp³-hybridized carbons (Fsp3) is 0.300. The monoisotopic (exact) mass is 272 g/mol. The minimum atomic E-state index is -0.443. The summed E-state index contributed by atoms with van der Waals surface area (Å²) in [6, 6.07) is 5.19. The van der Waals surface area contributed by atoms with Gasteiger partial charge < -0.3 is 15.4 Å². The van der Waals surface area contributed by atoms with Crippen molar-refractivity contribution in [1.82, 2.24) is 4.90 Å². The van der Waals surface area contributed by atoms with Crippen LogP contribution in [0.15, 0.2) is 22.7 Å². The van der Waals surface area contributed by atoms with Crippen molar-refractivity contribution in [3.8, 4) is 5.75 Å². The van der Waals surface area contributed by atoms with Crippen molar-refractivity contribution in [3.63, 3.8) is 0 Å². The summed E-state index contributed by atoms with van der Waals surface area (Å²) in [7, 11) is 3.26. The SMILES string of the molecule is COc1ccc(CN(C)C(N)=O)cc1Br. The molecule has 0 aromatic heterocycles. The molecule has 0 saturated carbocycles. The molecule has 1 aromatic carbocycles. The molecule has 1 aromatic rings. The summed E-state index contributed by atoms with van der Waals surface area (Å²) < 4.78 is 5.96. The Bertz CT molecular complexity index is 368. The van der Waals surface area contributed by atoms with E-state index in [1.165, 1.54) is 4.90 Å². The van der Waals surface area contributed by atoms with Crippen molar-refractivity contribution >= 4 is 22.0 Å². The molecule has 0 heterocycles. The van der Waals surface area contributed by atoms with Gasteiger partial charge in [-0.2, -0.15) is 0 Å². The molecule has 2 amide bonds. The third-order valence-electron chi connectivity index (χ3n) is 2.01. The van der Waals surface area contributed by atoms with Crippen molar-refractivity contribution in [2.24, 2.45) is 5.73 Å². The van der Waals surface area contributed by atoms with Gasteiger partial charge in [0.15, 0.2) is 0 Å². The third-order valence-corrected chi connectivity index (χ3v) is 2.63. The molecule has 0 spiro atoms. The number of ether oxygens (including phenoxy) is 1. The lowest BCUT2D eigenvalue weighted by atomic mass is 10.2. The van der Waals surface area contributed by atoms with Crippen LogP contribution in [0.2, 0.25) is 0 Å². The molecule has 0 unspecified atom stereocenters. The van der Waals surface area contributed by atoms with Crippen LogP contribution in [0.5, 0.6) is 5.75 Å². The van der Waals surface area contributed by atoms with E-state index in [0.29, 0.717) is 6.54 Å². The summed E-state index contributed by atoms with van der Waals surface area (Å²) in [6.45, 7) is 0.484. The van der Waals surface area contributed by atoms with E-state index in [9.17, 15) is 4.79 Å². The van der Waals surface area contributed by atoms with Gasteiger partial charge in [0.2, 0.25) is 0 Å². The number of rotatable bonds is 3. The Kier molecular flexibility index (Phi) is 3.96. The van der Waals surface area contributed by atoms with Crippen LogP contribution >= 0.6 is 15.9 Å². The van der Waals surface area contributed by atoms with Crippen molar-refractivity contribution in [1.29, 1.82) is 0 Å². The number of primary amides is 1. The minimum Gasteiger partial charge on any atom is -0.496 e. The molecule has 82 valence electrons. The van der Waals surface area contributed by atoms with E-state index in [0.717, 1.165) is 15.8 Å². The molecule has 0 bridgehead atoms. The fourth-order valence-corrected chi connectivity index (χ4v) is 1.75. The molecule has 15 heavy (non-hydrogen) atoms. The van der Waals surface area contributed by atoms with Gasteiger partial charge in [0.05, 0.1) is 11.6 Å². The molecule has 5 heteroatoms. The Morgan fingerprint density at radius 1 is 1.60 bits per heavy atom. The Labute approximate surface area is 97.1 Å². The standard InChI is InChI=1S/C10H13BrN2O2/c1-13(10(12)14)6-7-3-4-9(15-2)8(11)5-7/h3-5H,6H2,1-2H3,(H2,12,14). The summed E-state index contributed by atoms with van der Waals surface area (Å²) in [4.78, 5) is 12.3. The van der Waals surface area contributed by atoms with Gasteiger partial charge in [-0.1, -0.05) is 6.07 Å². The number of carbonyl (C=O) groups is 1. The molecule has 0 aliphatic heterocycles. The molecule has 0 aliphatic carbocycles. The Balaban J connectivity index is 2.79. The highest BCUT2D eigenvalue weighted by Gasteiger charge is 2.06. The highest BCUT2D eigenvalue weighted by Crippen LogP contribution is 2.25. The average molecular weight is 273 g/mol. The second kappa shape index (κ2) is 5.02. The van der Waals surface area contributed by atoms with Gasteiger partial charge in [0, 0.05) is 13.6 Å². The smallest absolute Gasteiger partial charge is 0.314 e. The second-order valence-corrected chi connectivity index (χ2v) is 4.02. The number of hydrogen-bond donors (Lipinski definition) is 1. The van der Waals surface area contributed by atoms with Gasteiger partial charge in [0.1, 0.15) is 5.75 Å². The van der Waals surface area contributed by atoms with Crippen LogP contribution in [-0.4, -0.2) is 25.1 Å². The normalized spacial score (nSPS) is 9.80. The number of nitrogens with zero attached hydrogens (tertiary/aromatic N) is 1. The molecule has 0 aliphatic rings. The summed E-state index contributed by atoms with van der Waals surface area (Å²) in [5.74, 6) is 0.764. The Hall–Kier alpha value is -1.23. The van der Waals surface area contributed by atoms with Crippen LogP contribution < -0.4 is 10.5 Å². The Morgan fingerprint density at radius 2 is 2.27 bits per heavy atom. The number of carbonyl (C=O) groups excluding carboxylic acids is 1. The van der Waals surface area contributed by atoms with Crippen LogP contribution in [0.1, 0.15) is 5.56 Å². The second-order valence-electron chi connectivity index (χ2n) is 3.16. The minimum absolute atomic E-state index is 0.443. The quantitative estimate of drug-likeness (QED) is 0.915. The van der Waals surface area contributed by atoms with Gasteiger partial charge in [-0.05, 0) is 33.6 Å². The average Bonchev–Trinajstić information content (AvgIpc) is 2.18. The zero-order valence-electron chi connectivity index (χ0n) is 8.66. The van der Waals surface area contributed by atoms with E-state index in [2.05, 4.69) is 15.9 Å².